The van der Waals surface area contributed by atoms with Crippen LogP contribution >= 0.6 is 0 Å². The van der Waals surface area contributed by atoms with Crippen molar-refractivity contribution in [3.63, 3.8) is 0 Å². The van der Waals surface area contributed by atoms with Crippen molar-refractivity contribution in [1.29, 1.82) is 0 Å². The third-order valence-electron chi connectivity index (χ3n) is 15.2. The molecule has 0 N–H and O–H groups in total. The van der Waals surface area contributed by atoms with Crippen molar-refractivity contribution < 1.29 is 0 Å². The first-order valence-corrected chi connectivity index (χ1v) is 22.3. The zero-order valence-electron chi connectivity index (χ0n) is 34.7. The van der Waals surface area contributed by atoms with Gasteiger partial charge in [0, 0.05) is 22.2 Å². The number of benzene rings is 8. The highest BCUT2D eigenvalue weighted by Gasteiger charge is 2.51. The number of nitrogens with zero attached hydrogens (tertiary/aromatic N) is 1. The maximum Gasteiger partial charge on any atom is 0.0543 e. The minimum Gasteiger partial charge on any atom is -0.309 e. The van der Waals surface area contributed by atoms with Gasteiger partial charge in [0.15, 0.2) is 0 Å². The molecule has 13 rings (SSSR count). The predicted molar refractivity (Wildman–Crippen MR) is 252 cm³/mol. The molecule has 0 heterocycles. The van der Waals surface area contributed by atoms with Crippen LogP contribution in [0.3, 0.4) is 0 Å². The van der Waals surface area contributed by atoms with Gasteiger partial charge in [0.1, 0.15) is 0 Å². The molecule has 60 heavy (non-hydrogen) atoms. The zero-order chi connectivity index (χ0) is 40.0. The Morgan fingerprint density at radius 2 is 1.02 bits per heavy atom. The second kappa shape index (κ2) is 13.7. The molecular formula is C59H51N. The summed E-state index contributed by atoms with van der Waals surface area (Å²) < 4.78 is 0. The lowest BCUT2D eigenvalue weighted by Gasteiger charge is -2.57. The number of hydrogen-bond acceptors (Lipinski definition) is 1. The van der Waals surface area contributed by atoms with Gasteiger partial charge >= 0.3 is 0 Å². The number of fused-ring (bicyclic) bond motifs is 4. The molecule has 4 fully saturated rings. The minimum atomic E-state index is -0.111. The van der Waals surface area contributed by atoms with Gasteiger partial charge in [0.05, 0.1) is 11.4 Å². The summed E-state index contributed by atoms with van der Waals surface area (Å²) in [4.78, 5) is 2.53. The van der Waals surface area contributed by atoms with E-state index in [9.17, 15) is 0 Å². The lowest BCUT2D eigenvalue weighted by molar-refractivity contribution is -0.00518. The summed E-state index contributed by atoms with van der Waals surface area (Å²) in [6.07, 6.45) is 8.67. The van der Waals surface area contributed by atoms with Crippen LogP contribution in [0.5, 0.6) is 0 Å². The average Bonchev–Trinajstić information content (AvgIpc) is 3.53. The Bertz CT molecular complexity index is 2880. The Labute approximate surface area is 355 Å². The normalized spacial score (nSPS) is 21.8. The second-order valence-electron chi connectivity index (χ2n) is 19.2. The SMILES string of the molecule is CC1(C)c2ccccc2-c2c(N(c3ccc(-c4ccc(C56CC7CC(CC(C7)C5)C6)cc4)cc3)c3ccc(-c4cccc5ccccc45)cc3-c3ccccc3)cccc21. The van der Waals surface area contributed by atoms with Gasteiger partial charge in [-0.1, -0.05) is 166 Å². The molecule has 292 valence electrons. The average molecular weight is 774 g/mol. The van der Waals surface area contributed by atoms with Gasteiger partial charge in [-0.15, -0.1) is 0 Å². The van der Waals surface area contributed by atoms with Crippen molar-refractivity contribution in [2.24, 2.45) is 17.8 Å². The highest BCUT2D eigenvalue weighted by Crippen LogP contribution is 2.61. The molecule has 4 bridgehead atoms. The van der Waals surface area contributed by atoms with Crippen molar-refractivity contribution in [1.82, 2.24) is 0 Å². The Hall–Kier alpha value is -6.18. The van der Waals surface area contributed by atoms with E-state index in [2.05, 4.69) is 201 Å². The number of anilines is 3. The van der Waals surface area contributed by atoms with E-state index in [0.29, 0.717) is 5.41 Å². The minimum absolute atomic E-state index is 0.111. The Morgan fingerprint density at radius 1 is 0.433 bits per heavy atom. The lowest BCUT2D eigenvalue weighted by Crippen LogP contribution is -2.48. The highest BCUT2D eigenvalue weighted by molar-refractivity contribution is 6.01. The van der Waals surface area contributed by atoms with E-state index in [-0.39, 0.29) is 5.41 Å². The van der Waals surface area contributed by atoms with Gasteiger partial charge in [-0.25, -0.2) is 0 Å². The summed E-state index contributed by atoms with van der Waals surface area (Å²) in [5, 5.41) is 2.52. The van der Waals surface area contributed by atoms with Crippen LogP contribution in [0.2, 0.25) is 0 Å². The Kier molecular flexibility index (Phi) is 8.15. The largest absolute Gasteiger partial charge is 0.309 e. The standard InChI is InChI=1S/C59H51N/c1-58(2)53-19-9-8-17-51(53)57-54(58)20-11-21-56(57)60(55-31-26-46(35-52(55)45-12-4-3-5-13-45)50-18-10-15-44-14-6-7-16-49(44)50)48-29-24-43(25-30-48)42-22-27-47(28-23-42)59-36-39-32-40(37-59)34-41(33-39)38-59/h3-31,35,39-41H,32-34,36-38H2,1-2H3. The molecule has 8 aromatic carbocycles. The van der Waals surface area contributed by atoms with Crippen LogP contribution in [-0.4, -0.2) is 0 Å². The van der Waals surface area contributed by atoms with E-state index in [1.165, 1.54) is 111 Å². The molecule has 0 aromatic heterocycles. The van der Waals surface area contributed by atoms with Crippen LogP contribution < -0.4 is 4.90 Å². The topological polar surface area (TPSA) is 3.24 Å². The lowest BCUT2D eigenvalue weighted by atomic mass is 9.48. The first-order valence-electron chi connectivity index (χ1n) is 22.3. The second-order valence-corrected chi connectivity index (χ2v) is 19.2. The molecule has 0 radical (unpaired) electrons. The molecule has 0 unspecified atom stereocenters. The summed E-state index contributed by atoms with van der Waals surface area (Å²) in [5.41, 5.74) is 18.2. The Morgan fingerprint density at radius 3 is 1.77 bits per heavy atom. The molecule has 1 nitrogen and oxygen atoms in total. The number of rotatable bonds is 7. The van der Waals surface area contributed by atoms with E-state index in [1.807, 2.05) is 0 Å². The smallest absolute Gasteiger partial charge is 0.0543 e. The van der Waals surface area contributed by atoms with Gasteiger partial charge < -0.3 is 4.90 Å². The van der Waals surface area contributed by atoms with Crippen molar-refractivity contribution in [2.75, 3.05) is 4.90 Å². The van der Waals surface area contributed by atoms with E-state index in [1.54, 1.807) is 5.56 Å². The van der Waals surface area contributed by atoms with E-state index < -0.39 is 0 Å². The summed E-state index contributed by atoms with van der Waals surface area (Å²) in [5.74, 6) is 2.86. The number of hydrogen-bond donors (Lipinski definition) is 0. The van der Waals surface area contributed by atoms with Crippen LogP contribution in [0.15, 0.2) is 182 Å². The summed E-state index contributed by atoms with van der Waals surface area (Å²) in [7, 11) is 0. The van der Waals surface area contributed by atoms with Crippen molar-refractivity contribution in [2.45, 2.75) is 63.2 Å². The van der Waals surface area contributed by atoms with Gasteiger partial charge in [-0.3, -0.25) is 0 Å². The fraction of sp³-hybridized carbons (Fsp3) is 0.220. The van der Waals surface area contributed by atoms with E-state index in [0.717, 1.165) is 29.1 Å². The molecule has 4 saturated carbocycles. The maximum atomic E-state index is 2.53. The molecule has 8 aromatic rings. The fourth-order valence-corrected chi connectivity index (χ4v) is 12.8. The summed E-state index contributed by atoms with van der Waals surface area (Å²) >= 11 is 0. The molecule has 0 amide bonds. The molecule has 5 aliphatic rings. The van der Waals surface area contributed by atoms with Crippen molar-refractivity contribution in [3.05, 3.63) is 199 Å². The predicted octanol–water partition coefficient (Wildman–Crippen LogP) is 16.1. The zero-order valence-corrected chi connectivity index (χ0v) is 34.7. The third kappa shape index (κ3) is 5.66. The molecule has 1 heteroatoms. The fourth-order valence-electron chi connectivity index (χ4n) is 12.8. The molecule has 0 aliphatic heterocycles. The molecular weight excluding hydrogens is 723 g/mol. The summed E-state index contributed by atoms with van der Waals surface area (Å²) in [6.45, 7) is 4.76. The monoisotopic (exact) mass is 773 g/mol. The first-order chi connectivity index (χ1) is 29.4. The third-order valence-corrected chi connectivity index (χ3v) is 15.2. The van der Waals surface area contributed by atoms with Crippen molar-refractivity contribution >= 4 is 27.8 Å². The molecule has 5 aliphatic carbocycles. The van der Waals surface area contributed by atoms with E-state index in [4.69, 9.17) is 0 Å². The van der Waals surface area contributed by atoms with Crippen LogP contribution in [0.25, 0.3) is 55.3 Å². The molecule has 0 atom stereocenters. The van der Waals surface area contributed by atoms with Gasteiger partial charge in [0.2, 0.25) is 0 Å². The van der Waals surface area contributed by atoms with Crippen LogP contribution in [0, 0.1) is 17.8 Å². The quantitative estimate of drug-likeness (QED) is 0.156. The Balaban J connectivity index is 1.01. The van der Waals surface area contributed by atoms with Crippen LogP contribution in [0.4, 0.5) is 17.1 Å². The maximum absolute atomic E-state index is 2.53. The van der Waals surface area contributed by atoms with Gasteiger partial charge in [0.25, 0.3) is 0 Å². The molecule has 0 spiro atoms. The van der Waals surface area contributed by atoms with Gasteiger partial charge in [-0.05, 0) is 153 Å². The highest BCUT2D eigenvalue weighted by atomic mass is 15.1. The van der Waals surface area contributed by atoms with Gasteiger partial charge in [-0.2, -0.15) is 0 Å². The van der Waals surface area contributed by atoms with Crippen LogP contribution in [-0.2, 0) is 10.8 Å². The molecule has 0 saturated heterocycles. The van der Waals surface area contributed by atoms with E-state index >= 15 is 0 Å². The van der Waals surface area contributed by atoms with Crippen molar-refractivity contribution in [3.8, 4) is 44.5 Å². The van der Waals surface area contributed by atoms with Crippen LogP contribution in [0.1, 0.15) is 69.1 Å². The first kappa shape index (κ1) is 35.7. The summed E-state index contributed by atoms with van der Waals surface area (Å²) in [6, 6.07) is 68.6.